The fourth-order valence-electron chi connectivity index (χ4n) is 11.1. The molecular weight excluding hydrogens is 798 g/mol. The van der Waals surface area contributed by atoms with Crippen molar-refractivity contribution >= 4 is 52.8 Å². The van der Waals surface area contributed by atoms with Crippen molar-refractivity contribution in [2.45, 2.75) is 84.0 Å². The average Bonchev–Trinajstić information content (AvgIpc) is 3.65. The minimum absolute atomic E-state index is 0.0167. The number of fused-ring (bicyclic) bond motifs is 3. The first-order valence-corrected chi connectivity index (χ1v) is 21.5. The second-order valence-electron chi connectivity index (χ2n) is 18.5. The molecule has 318 valence electrons. The summed E-state index contributed by atoms with van der Waals surface area (Å²) >= 11 is 6.26. The standard InChI is InChI=1S/C45H50ClN9O6/c1-44(2)41(45(3,4)42(44)61-32-10-5-27(21-47)35(46)20-32)50-38(57)28-6-12-36(48-22-28)52-16-13-26(14-17-52)23-51-24-30-7-8-31(25-51)54(30)29-9-11-33-34(19-29)40(59)55(39(33)58)53-18-15-37(56)49-43(53)60/h5-6,9-12,19-20,22,26,30-31,41-42H,7-8,13-18,23-25H2,1-4H3,(H,50,57)(H,49,56,60). The lowest BCUT2D eigenvalue weighted by Crippen LogP contribution is -2.74. The molecule has 61 heavy (non-hydrogen) atoms. The summed E-state index contributed by atoms with van der Waals surface area (Å²) < 4.78 is 6.38. The number of amides is 6. The normalized spacial score (nSPS) is 25.8. The second-order valence-corrected chi connectivity index (χ2v) is 18.9. The summed E-state index contributed by atoms with van der Waals surface area (Å²) in [7, 11) is 0. The van der Waals surface area contributed by atoms with E-state index < -0.39 is 23.8 Å². The van der Waals surface area contributed by atoms with Crippen LogP contribution in [0.25, 0.3) is 0 Å². The van der Waals surface area contributed by atoms with Crippen LogP contribution in [0.3, 0.4) is 0 Å². The van der Waals surface area contributed by atoms with E-state index in [1.54, 1.807) is 36.5 Å². The first-order valence-electron chi connectivity index (χ1n) is 21.2. The molecule has 2 unspecified atom stereocenters. The molecule has 2 N–H and O–H groups in total. The topological polar surface area (TPSA) is 172 Å². The van der Waals surface area contributed by atoms with Crippen LogP contribution in [0, 0.1) is 28.1 Å². The predicted octanol–water partition coefficient (Wildman–Crippen LogP) is 5.24. The zero-order chi connectivity index (χ0) is 43.0. The van der Waals surface area contributed by atoms with Crippen LogP contribution in [-0.2, 0) is 4.79 Å². The minimum atomic E-state index is -0.771. The molecule has 15 nitrogen and oxygen atoms in total. The molecule has 5 fully saturated rings. The molecular formula is C45H50ClN9O6. The molecule has 2 aromatic carbocycles. The molecule has 16 heteroatoms. The van der Waals surface area contributed by atoms with Gasteiger partial charge in [0, 0.05) is 86.1 Å². The van der Waals surface area contributed by atoms with Gasteiger partial charge in [-0.1, -0.05) is 39.3 Å². The van der Waals surface area contributed by atoms with Gasteiger partial charge in [-0.05, 0) is 74.1 Å². The summed E-state index contributed by atoms with van der Waals surface area (Å²) in [6.07, 6.45) is 5.68. The Labute approximate surface area is 359 Å². The highest BCUT2D eigenvalue weighted by atomic mass is 35.5. The Hall–Kier alpha value is -5.72. The average molecular weight is 848 g/mol. The number of aromatic nitrogens is 1. The monoisotopic (exact) mass is 847 g/mol. The Morgan fingerprint density at radius 1 is 0.918 bits per heavy atom. The SMILES string of the molecule is CC1(C)C(NC(=O)c2ccc(N3CCC(CN4CC5CCC(C4)N5c4ccc5c(c4)C(=O)N(N4CCC(=O)NC4=O)C5=O)CC3)nc2)C(C)(C)C1Oc1ccc(C#N)c(Cl)c1. The van der Waals surface area contributed by atoms with Gasteiger partial charge in [-0.2, -0.15) is 10.3 Å². The van der Waals surface area contributed by atoms with Crippen molar-refractivity contribution in [3.63, 3.8) is 0 Å². The number of hydrogen-bond donors (Lipinski definition) is 2. The number of imide groups is 2. The number of piperidine rings is 1. The molecule has 0 spiro atoms. The third kappa shape index (κ3) is 7.13. The number of nitriles is 1. The maximum atomic E-state index is 13.5. The number of pyridine rings is 1. The number of nitrogens with one attached hydrogen (secondary N) is 2. The smallest absolute Gasteiger partial charge is 0.343 e. The van der Waals surface area contributed by atoms with E-state index in [-0.39, 0.29) is 53.0 Å². The van der Waals surface area contributed by atoms with Gasteiger partial charge in [0.05, 0.1) is 33.8 Å². The van der Waals surface area contributed by atoms with Crippen LogP contribution in [0.5, 0.6) is 5.75 Å². The Morgan fingerprint density at radius 2 is 1.62 bits per heavy atom. The highest BCUT2D eigenvalue weighted by Crippen LogP contribution is 2.55. The molecule has 6 amide bonds. The third-order valence-electron chi connectivity index (χ3n) is 13.9. The summed E-state index contributed by atoms with van der Waals surface area (Å²) in [5, 5.41) is 16.9. The molecule has 2 atom stereocenters. The van der Waals surface area contributed by atoms with Crippen LogP contribution in [0.15, 0.2) is 54.7 Å². The lowest BCUT2D eigenvalue weighted by molar-refractivity contribution is -0.164. The zero-order valence-electron chi connectivity index (χ0n) is 34.8. The summed E-state index contributed by atoms with van der Waals surface area (Å²) in [6.45, 7) is 13.0. The van der Waals surface area contributed by atoms with Gasteiger partial charge in [0.25, 0.3) is 17.7 Å². The van der Waals surface area contributed by atoms with Crippen molar-refractivity contribution in [2.24, 2.45) is 16.7 Å². The molecule has 1 saturated carbocycles. The van der Waals surface area contributed by atoms with E-state index in [1.807, 2.05) is 18.2 Å². The number of rotatable bonds is 9. The number of hydrazine groups is 1. The number of ether oxygens (including phenoxy) is 1. The Bertz CT molecular complexity index is 2330. The summed E-state index contributed by atoms with van der Waals surface area (Å²) in [5.41, 5.74) is 1.61. The number of likely N-dealkylation sites (tertiary alicyclic amines) is 1. The van der Waals surface area contributed by atoms with Crippen molar-refractivity contribution in [3.8, 4) is 11.8 Å². The van der Waals surface area contributed by atoms with Crippen LogP contribution < -0.4 is 25.2 Å². The van der Waals surface area contributed by atoms with Crippen molar-refractivity contribution < 1.29 is 28.7 Å². The molecule has 9 rings (SSSR count). The van der Waals surface area contributed by atoms with Crippen LogP contribution in [0.4, 0.5) is 16.3 Å². The number of anilines is 2. The molecule has 2 bridgehead atoms. The van der Waals surface area contributed by atoms with Gasteiger partial charge in [0.15, 0.2) is 0 Å². The fraction of sp³-hybridized carbons (Fsp3) is 0.489. The quantitative estimate of drug-likeness (QED) is 0.270. The van der Waals surface area contributed by atoms with E-state index in [0.29, 0.717) is 39.9 Å². The van der Waals surface area contributed by atoms with E-state index in [2.05, 4.69) is 59.1 Å². The molecule has 3 aromatic rings. The lowest BCUT2D eigenvalue weighted by Gasteiger charge is -2.63. The van der Waals surface area contributed by atoms with Crippen molar-refractivity contribution in [1.82, 2.24) is 30.5 Å². The Kier molecular flexibility index (Phi) is 10.2. The second kappa shape index (κ2) is 15.3. The molecule has 0 radical (unpaired) electrons. The molecule has 1 aliphatic carbocycles. The van der Waals surface area contributed by atoms with Gasteiger partial charge in [0.2, 0.25) is 5.91 Å². The van der Waals surface area contributed by atoms with Crippen LogP contribution >= 0.6 is 11.6 Å². The van der Waals surface area contributed by atoms with E-state index in [1.165, 1.54) is 0 Å². The zero-order valence-corrected chi connectivity index (χ0v) is 35.6. The largest absolute Gasteiger partial charge is 0.489 e. The number of piperazine rings is 1. The Morgan fingerprint density at radius 3 is 2.26 bits per heavy atom. The lowest BCUT2D eigenvalue weighted by atomic mass is 9.49. The molecule has 6 heterocycles. The van der Waals surface area contributed by atoms with E-state index in [9.17, 15) is 29.2 Å². The summed E-state index contributed by atoms with van der Waals surface area (Å²) in [5.74, 6) is 0.300. The van der Waals surface area contributed by atoms with Gasteiger partial charge >= 0.3 is 6.03 Å². The van der Waals surface area contributed by atoms with Crippen LogP contribution in [0.1, 0.15) is 96.4 Å². The van der Waals surface area contributed by atoms with E-state index >= 15 is 0 Å². The van der Waals surface area contributed by atoms with Crippen molar-refractivity contribution in [3.05, 3.63) is 82.0 Å². The molecule has 4 saturated heterocycles. The molecule has 1 aromatic heterocycles. The van der Waals surface area contributed by atoms with E-state index in [4.69, 9.17) is 21.3 Å². The van der Waals surface area contributed by atoms with Crippen molar-refractivity contribution in [2.75, 3.05) is 49.1 Å². The van der Waals surface area contributed by atoms with Gasteiger partial charge < -0.3 is 19.9 Å². The van der Waals surface area contributed by atoms with Gasteiger partial charge in [-0.3, -0.25) is 29.4 Å². The number of hydrogen-bond acceptors (Lipinski definition) is 11. The number of benzene rings is 2. The Balaban J connectivity index is 0.757. The fourth-order valence-corrected chi connectivity index (χ4v) is 11.3. The van der Waals surface area contributed by atoms with Crippen LogP contribution in [-0.4, -0.2) is 113 Å². The van der Waals surface area contributed by atoms with Crippen molar-refractivity contribution in [1.29, 1.82) is 5.26 Å². The van der Waals surface area contributed by atoms with Gasteiger partial charge in [-0.25, -0.2) is 14.8 Å². The van der Waals surface area contributed by atoms with Gasteiger partial charge in [0.1, 0.15) is 23.7 Å². The highest BCUT2D eigenvalue weighted by Gasteiger charge is 2.64. The minimum Gasteiger partial charge on any atom is -0.489 e. The molecule has 5 aliphatic heterocycles. The third-order valence-corrected chi connectivity index (χ3v) is 14.2. The van der Waals surface area contributed by atoms with Crippen LogP contribution in [0.2, 0.25) is 5.02 Å². The summed E-state index contributed by atoms with van der Waals surface area (Å²) in [4.78, 5) is 76.4. The number of nitrogens with zero attached hydrogens (tertiary/aromatic N) is 7. The van der Waals surface area contributed by atoms with E-state index in [0.717, 1.165) is 79.9 Å². The molecule has 6 aliphatic rings. The predicted molar refractivity (Wildman–Crippen MR) is 226 cm³/mol. The number of carbonyl (C=O) groups excluding carboxylic acids is 5. The van der Waals surface area contributed by atoms with Gasteiger partial charge in [-0.15, -0.1) is 0 Å². The maximum absolute atomic E-state index is 13.5. The number of carbonyl (C=O) groups is 5. The highest BCUT2D eigenvalue weighted by molar-refractivity contribution is 6.31. The number of halogens is 1. The first kappa shape index (κ1) is 40.7. The summed E-state index contributed by atoms with van der Waals surface area (Å²) in [6, 6.07) is 16.0. The first-order chi connectivity index (χ1) is 29.1. The maximum Gasteiger partial charge on any atom is 0.343 e. The number of urea groups is 1.